The van der Waals surface area contributed by atoms with Gasteiger partial charge < -0.3 is 14.6 Å². The predicted molar refractivity (Wildman–Crippen MR) is 77.7 cm³/mol. The average Bonchev–Trinajstić information content (AvgIpc) is 2.83. The van der Waals surface area contributed by atoms with Crippen LogP contribution in [0.3, 0.4) is 0 Å². The van der Waals surface area contributed by atoms with E-state index in [1.54, 1.807) is 0 Å². The molecule has 0 aliphatic rings. The molecule has 2 rings (SSSR count). The van der Waals surface area contributed by atoms with Gasteiger partial charge in [0.05, 0.1) is 6.54 Å². The van der Waals surface area contributed by atoms with Gasteiger partial charge in [0, 0.05) is 18.9 Å². The summed E-state index contributed by atoms with van der Waals surface area (Å²) in [6.45, 7) is 6.58. The fourth-order valence-corrected chi connectivity index (χ4v) is 1.93. The third kappa shape index (κ3) is 4.02. The van der Waals surface area contributed by atoms with E-state index in [1.165, 1.54) is 5.56 Å². The molecule has 0 saturated carbocycles. The molecule has 0 saturated heterocycles. The van der Waals surface area contributed by atoms with E-state index in [0.717, 1.165) is 31.2 Å². The molecule has 0 radical (unpaired) electrons. The van der Waals surface area contributed by atoms with Gasteiger partial charge in [0.15, 0.2) is 0 Å². The maximum Gasteiger partial charge on any atom is 0.202 e. The molecule has 102 valence electrons. The van der Waals surface area contributed by atoms with Crippen LogP contribution >= 0.6 is 0 Å². The molecule has 0 spiro atoms. The Hall–Kier alpha value is -1.97. The Morgan fingerprint density at radius 1 is 1.37 bits per heavy atom. The van der Waals surface area contributed by atoms with Gasteiger partial charge in [-0.3, -0.25) is 0 Å². The lowest BCUT2D eigenvalue weighted by atomic mass is 10.2. The number of anilines is 1. The van der Waals surface area contributed by atoms with Crippen molar-refractivity contribution in [3.8, 4) is 5.75 Å². The number of aromatic nitrogens is 2. The van der Waals surface area contributed by atoms with E-state index in [-0.39, 0.29) is 0 Å². The molecule has 2 aromatic rings. The summed E-state index contributed by atoms with van der Waals surface area (Å²) in [5.41, 5.74) is 1.21. The van der Waals surface area contributed by atoms with Crippen molar-refractivity contribution in [2.75, 3.05) is 18.5 Å². The van der Waals surface area contributed by atoms with E-state index in [1.807, 2.05) is 30.6 Å². The van der Waals surface area contributed by atoms with Crippen molar-refractivity contribution in [2.45, 2.75) is 26.8 Å². The first kappa shape index (κ1) is 13.5. The summed E-state index contributed by atoms with van der Waals surface area (Å²) in [6, 6.07) is 8.09. The lowest BCUT2D eigenvalue weighted by Crippen LogP contribution is -2.14. The van der Waals surface area contributed by atoms with Crippen LogP contribution in [0, 0.1) is 6.92 Å². The van der Waals surface area contributed by atoms with E-state index in [4.69, 9.17) is 4.74 Å². The van der Waals surface area contributed by atoms with Gasteiger partial charge in [-0.25, -0.2) is 4.98 Å². The molecule has 1 aromatic heterocycles. The maximum atomic E-state index is 5.69. The summed E-state index contributed by atoms with van der Waals surface area (Å²) in [5, 5.41) is 3.29. The van der Waals surface area contributed by atoms with Crippen LogP contribution in [0.4, 0.5) is 5.95 Å². The van der Waals surface area contributed by atoms with E-state index in [0.29, 0.717) is 6.61 Å². The lowest BCUT2D eigenvalue weighted by molar-refractivity contribution is 0.332. The van der Waals surface area contributed by atoms with Crippen LogP contribution in [0.2, 0.25) is 0 Å². The predicted octanol–water partition coefficient (Wildman–Crippen LogP) is 3.09. The highest BCUT2D eigenvalue weighted by molar-refractivity contribution is 5.28. The summed E-state index contributed by atoms with van der Waals surface area (Å²) in [6.07, 6.45) is 4.91. The number of hydrogen-bond donors (Lipinski definition) is 1. The highest BCUT2D eigenvalue weighted by Crippen LogP contribution is 2.12. The Morgan fingerprint density at radius 2 is 2.26 bits per heavy atom. The molecule has 0 bridgehead atoms. The van der Waals surface area contributed by atoms with Gasteiger partial charge in [-0.2, -0.15) is 0 Å². The topological polar surface area (TPSA) is 39.1 Å². The monoisotopic (exact) mass is 259 g/mol. The quantitative estimate of drug-likeness (QED) is 0.777. The van der Waals surface area contributed by atoms with Crippen LogP contribution in [-0.4, -0.2) is 22.7 Å². The minimum Gasteiger partial charge on any atom is -0.492 e. The Bertz CT molecular complexity index is 508. The van der Waals surface area contributed by atoms with E-state index in [2.05, 4.69) is 34.8 Å². The lowest BCUT2D eigenvalue weighted by Gasteiger charge is -2.10. The van der Waals surface area contributed by atoms with Crippen LogP contribution in [0.15, 0.2) is 36.7 Å². The van der Waals surface area contributed by atoms with E-state index < -0.39 is 0 Å². The zero-order valence-electron chi connectivity index (χ0n) is 11.6. The molecule has 0 aliphatic heterocycles. The fourth-order valence-electron chi connectivity index (χ4n) is 1.93. The summed E-state index contributed by atoms with van der Waals surface area (Å²) in [4.78, 5) is 4.29. The SMILES string of the molecule is CCCn1ccnc1NCCOc1cccc(C)c1. The number of nitrogens with zero attached hydrogens (tertiary/aromatic N) is 2. The van der Waals surface area contributed by atoms with Crippen molar-refractivity contribution < 1.29 is 4.74 Å². The molecule has 1 N–H and O–H groups in total. The second-order valence-electron chi connectivity index (χ2n) is 4.54. The number of imidazole rings is 1. The summed E-state index contributed by atoms with van der Waals surface area (Å²) >= 11 is 0. The zero-order chi connectivity index (χ0) is 13.5. The molecule has 0 atom stereocenters. The number of rotatable bonds is 7. The molecular weight excluding hydrogens is 238 g/mol. The third-order valence-corrected chi connectivity index (χ3v) is 2.82. The second-order valence-corrected chi connectivity index (χ2v) is 4.54. The Labute approximate surface area is 114 Å². The van der Waals surface area contributed by atoms with Gasteiger partial charge in [0.25, 0.3) is 0 Å². The molecule has 1 heterocycles. The Morgan fingerprint density at radius 3 is 3.05 bits per heavy atom. The molecule has 4 nitrogen and oxygen atoms in total. The number of ether oxygens (including phenoxy) is 1. The molecular formula is C15H21N3O. The van der Waals surface area contributed by atoms with Crippen LogP contribution in [0.5, 0.6) is 5.75 Å². The van der Waals surface area contributed by atoms with Gasteiger partial charge in [-0.1, -0.05) is 19.1 Å². The van der Waals surface area contributed by atoms with Gasteiger partial charge in [-0.05, 0) is 31.0 Å². The number of aryl methyl sites for hydroxylation is 2. The number of benzene rings is 1. The zero-order valence-corrected chi connectivity index (χ0v) is 11.6. The highest BCUT2D eigenvalue weighted by Gasteiger charge is 2.00. The van der Waals surface area contributed by atoms with Gasteiger partial charge in [0.1, 0.15) is 12.4 Å². The largest absolute Gasteiger partial charge is 0.492 e. The molecule has 0 unspecified atom stereocenters. The van der Waals surface area contributed by atoms with Crippen molar-refractivity contribution in [3.05, 3.63) is 42.2 Å². The van der Waals surface area contributed by atoms with Crippen molar-refractivity contribution in [3.63, 3.8) is 0 Å². The van der Waals surface area contributed by atoms with E-state index >= 15 is 0 Å². The summed E-state index contributed by atoms with van der Waals surface area (Å²) < 4.78 is 7.80. The van der Waals surface area contributed by atoms with Crippen molar-refractivity contribution >= 4 is 5.95 Å². The van der Waals surface area contributed by atoms with Gasteiger partial charge >= 0.3 is 0 Å². The normalized spacial score (nSPS) is 10.4. The Balaban J connectivity index is 1.76. The maximum absolute atomic E-state index is 5.69. The molecule has 1 aromatic carbocycles. The molecule has 0 aliphatic carbocycles. The first-order chi connectivity index (χ1) is 9.29. The highest BCUT2D eigenvalue weighted by atomic mass is 16.5. The fraction of sp³-hybridized carbons (Fsp3) is 0.400. The van der Waals surface area contributed by atoms with Crippen LogP contribution in [-0.2, 0) is 6.54 Å². The Kier molecular flexibility index (Phi) is 4.84. The minimum absolute atomic E-state index is 0.627. The number of hydrogen-bond acceptors (Lipinski definition) is 3. The molecule has 4 heteroatoms. The standard InChI is InChI=1S/C15H21N3O/c1-3-9-18-10-7-16-15(18)17-8-11-19-14-6-4-5-13(2)12-14/h4-7,10,12H,3,8-9,11H2,1-2H3,(H,16,17). The molecule has 0 amide bonds. The summed E-state index contributed by atoms with van der Waals surface area (Å²) in [5.74, 6) is 1.83. The third-order valence-electron chi connectivity index (χ3n) is 2.82. The van der Waals surface area contributed by atoms with Crippen LogP contribution in [0.1, 0.15) is 18.9 Å². The smallest absolute Gasteiger partial charge is 0.202 e. The first-order valence-electron chi connectivity index (χ1n) is 6.74. The molecule has 0 fully saturated rings. The van der Waals surface area contributed by atoms with Crippen molar-refractivity contribution in [1.82, 2.24) is 9.55 Å². The molecule has 19 heavy (non-hydrogen) atoms. The van der Waals surface area contributed by atoms with Crippen molar-refractivity contribution in [1.29, 1.82) is 0 Å². The van der Waals surface area contributed by atoms with Crippen LogP contribution < -0.4 is 10.1 Å². The first-order valence-corrected chi connectivity index (χ1v) is 6.74. The van der Waals surface area contributed by atoms with Crippen LogP contribution in [0.25, 0.3) is 0 Å². The second kappa shape index (κ2) is 6.83. The average molecular weight is 259 g/mol. The van der Waals surface area contributed by atoms with Crippen molar-refractivity contribution in [2.24, 2.45) is 0 Å². The van der Waals surface area contributed by atoms with Gasteiger partial charge in [0.2, 0.25) is 5.95 Å². The minimum atomic E-state index is 0.627. The van der Waals surface area contributed by atoms with E-state index in [9.17, 15) is 0 Å². The number of nitrogens with one attached hydrogen (secondary N) is 1. The van der Waals surface area contributed by atoms with Gasteiger partial charge in [-0.15, -0.1) is 0 Å². The summed E-state index contributed by atoms with van der Waals surface area (Å²) in [7, 11) is 0.